The average molecular weight is 365 g/mol. The summed E-state index contributed by atoms with van der Waals surface area (Å²) in [5, 5.41) is 12.8. The van der Waals surface area contributed by atoms with Gasteiger partial charge in [0.25, 0.3) is 5.22 Å². The number of hydrogen-bond donors (Lipinski definition) is 2. The van der Waals surface area contributed by atoms with Gasteiger partial charge in [0.05, 0.1) is 18.6 Å². The van der Waals surface area contributed by atoms with Crippen LogP contribution in [0.3, 0.4) is 0 Å². The molecular formula is C14H15N5O5S. The third kappa shape index (κ3) is 4.83. The molecule has 3 heterocycles. The van der Waals surface area contributed by atoms with Crippen LogP contribution in [0.4, 0.5) is 4.79 Å². The van der Waals surface area contributed by atoms with Gasteiger partial charge < -0.3 is 19.1 Å². The molecule has 0 saturated carbocycles. The molecule has 2 N–H and O–H groups in total. The zero-order chi connectivity index (χ0) is 17.6. The third-order valence-corrected chi connectivity index (χ3v) is 4.10. The van der Waals surface area contributed by atoms with Crippen LogP contribution in [0.15, 0.2) is 32.5 Å². The van der Waals surface area contributed by atoms with Crippen LogP contribution >= 0.6 is 11.8 Å². The Balaban J connectivity index is 1.43. The fourth-order valence-electron chi connectivity index (χ4n) is 2.05. The fraction of sp³-hybridized carbons (Fsp3) is 0.357. The van der Waals surface area contributed by atoms with E-state index in [0.717, 1.165) is 11.8 Å². The van der Waals surface area contributed by atoms with Crippen molar-refractivity contribution < 1.29 is 23.2 Å². The van der Waals surface area contributed by atoms with Crippen molar-refractivity contribution in [2.24, 2.45) is 0 Å². The van der Waals surface area contributed by atoms with E-state index in [9.17, 15) is 14.4 Å². The monoisotopic (exact) mass is 365 g/mol. The van der Waals surface area contributed by atoms with Crippen LogP contribution < -0.4 is 10.6 Å². The molecule has 25 heavy (non-hydrogen) atoms. The number of aromatic nitrogens is 2. The van der Waals surface area contributed by atoms with Gasteiger partial charge >= 0.3 is 6.03 Å². The van der Waals surface area contributed by atoms with Crippen LogP contribution in [0.1, 0.15) is 18.1 Å². The minimum Gasteiger partial charge on any atom is -0.467 e. The molecule has 1 aliphatic rings. The van der Waals surface area contributed by atoms with E-state index < -0.39 is 6.03 Å². The summed E-state index contributed by atoms with van der Waals surface area (Å²) in [5.74, 6) is 0.513. The SMILES string of the molecule is O=C(CSc1nnc(CN2CCC(=O)NC2=O)o1)NCc1ccco1. The molecule has 0 atom stereocenters. The number of rotatable bonds is 7. The number of nitrogens with one attached hydrogen (secondary N) is 2. The molecule has 1 saturated heterocycles. The second-order valence-corrected chi connectivity index (χ2v) is 6.06. The highest BCUT2D eigenvalue weighted by atomic mass is 32.2. The average Bonchev–Trinajstić information content (AvgIpc) is 3.25. The highest BCUT2D eigenvalue weighted by molar-refractivity contribution is 7.99. The van der Waals surface area contributed by atoms with Gasteiger partial charge in [-0.2, -0.15) is 0 Å². The van der Waals surface area contributed by atoms with Gasteiger partial charge in [0.2, 0.25) is 17.7 Å². The first kappa shape index (κ1) is 17.0. The fourth-order valence-corrected chi connectivity index (χ4v) is 2.66. The van der Waals surface area contributed by atoms with Gasteiger partial charge in [0.15, 0.2) is 0 Å². The number of urea groups is 1. The first-order chi connectivity index (χ1) is 12.1. The number of carbonyl (C=O) groups excluding carboxylic acids is 3. The number of hydrogen-bond acceptors (Lipinski definition) is 8. The summed E-state index contributed by atoms with van der Waals surface area (Å²) in [6.07, 6.45) is 1.77. The van der Waals surface area contributed by atoms with Crippen molar-refractivity contribution in [1.29, 1.82) is 0 Å². The lowest BCUT2D eigenvalue weighted by atomic mass is 10.3. The molecular weight excluding hydrogens is 350 g/mol. The Hall–Kier alpha value is -2.82. The van der Waals surface area contributed by atoms with E-state index in [0.29, 0.717) is 18.8 Å². The minimum atomic E-state index is -0.485. The zero-order valence-electron chi connectivity index (χ0n) is 13.1. The number of imide groups is 1. The summed E-state index contributed by atoms with van der Waals surface area (Å²) in [6, 6.07) is 3.03. The molecule has 4 amide bonds. The molecule has 0 aliphatic carbocycles. The molecule has 132 valence electrons. The standard InChI is InChI=1S/C14H15N5O5S/c20-10-3-4-19(13(22)16-10)7-12-17-18-14(24-12)25-8-11(21)15-6-9-2-1-5-23-9/h1-2,5H,3-4,6-8H2,(H,15,21)(H,16,20,22). The first-order valence-corrected chi connectivity index (χ1v) is 8.42. The molecule has 0 radical (unpaired) electrons. The number of nitrogens with zero attached hydrogens (tertiary/aromatic N) is 3. The normalized spacial score (nSPS) is 14.5. The predicted octanol–water partition coefficient (Wildman–Crippen LogP) is 0.513. The van der Waals surface area contributed by atoms with Crippen molar-refractivity contribution in [2.45, 2.75) is 24.7 Å². The summed E-state index contributed by atoms with van der Waals surface area (Å²) in [5.41, 5.74) is 0. The number of carbonyl (C=O) groups is 3. The smallest absolute Gasteiger partial charge is 0.324 e. The van der Waals surface area contributed by atoms with E-state index >= 15 is 0 Å². The van der Waals surface area contributed by atoms with E-state index in [1.165, 1.54) is 11.2 Å². The second kappa shape index (κ2) is 7.83. The first-order valence-electron chi connectivity index (χ1n) is 7.43. The van der Waals surface area contributed by atoms with Crippen LogP contribution in [-0.4, -0.2) is 45.2 Å². The van der Waals surface area contributed by atoms with Crippen molar-refractivity contribution in [2.75, 3.05) is 12.3 Å². The Labute approximate surface area is 146 Å². The van der Waals surface area contributed by atoms with Gasteiger partial charge in [0.1, 0.15) is 12.3 Å². The summed E-state index contributed by atoms with van der Waals surface area (Å²) >= 11 is 1.09. The van der Waals surface area contributed by atoms with Crippen molar-refractivity contribution in [3.8, 4) is 0 Å². The Morgan fingerprint density at radius 2 is 2.28 bits per heavy atom. The second-order valence-electron chi connectivity index (χ2n) is 5.13. The molecule has 2 aromatic rings. The van der Waals surface area contributed by atoms with E-state index in [4.69, 9.17) is 8.83 Å². The van der Waals surface area contributed by atoms with Crippen molar-refractivity contribution in [1.82, 2.24) is 25.7 Å². The van der Waals surface area contributed by atoms with Gasteiger partial charge in [-0.3, -0.25) is 14.9 Å². The van der Waals surface area contributed by atoms with E-state index in [1.54, 1.807) is 12.1 Å². The topological polar surface area (TPSA) is 131 Å². The number of thioether (sulfide) groups is 1. The summed E-state index contributed by atoms with van der Waals surface area (Å²) in [6.45, 7) is 0.715. The van der Waals surface area contributed by atoms with Crippen molar-refractivity contribution in [3.63, 3.8) is 0 Å². The lowest BCUT2D eigenvalue weighted by Gasteiger charge is -2.24. The maximum atomic E-state index is 11.8. The Bertz CT molecular complexity index is 760. The molecule has 3 rings (SSSR count). The van der Waals surface area contributed by atoms with Crippen LogP contribution in [0.25, 0.3) is 0 Å². The summed E-state index contributed by atoms with van der Waals surface area (Å²) in [7, 11) is 0. The zero-order valence-corrected chi connectivity index (χ0v) is 13.9. The minimum absolute atomic E-state index is 0.108. The molecule has 10 nitrogen and oxygen atoms in total. The highest BCUT2D eigenvalue weighted by Crippen LogP contribution is 2.17. The molecule has 1 fully saturated rings. The molecule has 0 unspecified atom stereocenters. The maximum Gasteiger partial charge on any atom is 0.324 e. The van der Waals surface area contributed by atoms with Crippen LogP contribution in [-0.2, 0) is 22.7 Å². The van der Waals surface area contributed by atoms with Crippen molar-refractivity contribution in [3.05, 3.63) is 30.0 Å². The lowest BCUT2D eigenvalue weighted by molar-refractivity contribution is -0.121. The summed E-state index contributed by atoms with van der Waals surface area (Å²) in [4.78, 5) is 35.9. The quantitative estimate of drug-likeness (QED) is 0.679. The van der Waals surface area contributed by atoms with Gasteiger partial charge in [-0.15, -0.1) is 10.2 Å². The van der Waals surface area contributed by atoms with E-state index in [-0.39, 0.29) is 41.6 Å². The Kier molecular flexibility index (Phi) is 5.33. The van der Waals surface area contributed by atoms with Crippen molar-refractivity contribution >= 4 is 29.6 Å². The Morgan fingerprint density at radius 3 is 3.04 bits per heavy atom. The predicted molar refractivity (Wildman–Crippen MR) is 84.1 cm³/mol. The highest BCUT2D eigenvalue weighted by Gasteiger charge is 2.24. The van der Waals surface area contributed by atoms with Crippen LogP contribution in [0.2, 0.25) is 0 Å². The summed E-state index contributed by atoms with van der Waals surface area (Å²) < 4.78 is 10.5. The van der Waals surface area contributed by atoms with E-state index in [1.807, 2.05) is 0 Å². The van der Waals surface area contributed by atoms with Gasteiger partial charge in [-0.1, -0.05) is 11.8 Å². The third-order valence-electron chi connectivity index (χ3n) is 3.28. The molecule has 0 bridgehead atoms. The van der Waals surface area contributed by atoms with E-state index in [2.05, 4.69) is 20.8 Å². The van der Waals surface area contributed by atoms with Crippen LogP contribution in [0, 0.1) is 0 Å². The van der Waals surface area contributed by atoms with Crippen LogP contribution in [0.5, 0.6) is 0 Å². The van der Waals surface area contributed by atoms with Gasteiger partial charge in [0, 0.05) is 13.0 Å². The molecule has 2 aromatic heterocycles. The van der Waals surface area contributed by atoms with Gasteiger partial charge in [-0.05, 0) is 12.1 Å². The number of furan rings is 1. The molecule has 11 heteroatoms. The largest absolute Gasteiger partial charge is 0.467 e. The molecule has 0 aromatic carbocycles. The Morgan fingerprint density at radius 1 is 1.40 bits per heavy atom. The molecule has 0 spiro atoms. The number of amides is 4. The molecule has 1 aliphatic heterocycles. The lowest BCUT2D eigenvalue weighted by Crippen LogP contribution is -2.48. The van der Waals surface area contributed by atoms with Gasteiger partial charge in [-0.25, -0.2) is 4.79 Å². The maximum absolute atomic E-state index is 11.8.